The van der Waals surface area contributed by atoms with Crippen LogP contribution in [0.5, 0.6) is 0 Å². The van der Waals surface area contributed by atoms with E-state index in [2.05, 4.69) is 25.1 Å². The van der Waals surface area contributed by atoms with E-state index in [4.69, 9.17) is 10.5 Å². The molecular weight excluding hydrogens is 264 g/mol. The van der Waals surface area contributed by atoms with Gasteiger partial charge in [0, 0.05) is 19.1 Å². The van der Waals surface area contributed by atoms with Gasteiger partial charge in [-0.1, -0.05) is 29.8 Å². The van der Waals surface area contributed by atoms with Gasteiger partial charge in [0.1, 0.15) is 5.60 Å². The number of nitrogens with zero attached hydrogens (tertiary/aromatic N) is 1. The zero-order valence-electron chi connectivity index (χ0n) is 13.4. The van der Waals surface area contributed by atoms with E-state index in [9.17, 15) is 4.79 Å². The van der Waals surface area contributed by atoms with Crippen LogP contribution in [0.1, 0.15) is 44.4 Å². The molecule has 1 amide bonds. The summed E-state index contributed by atoms with van der Waals surface area (Å²) in [6.45, 7) is 9.12. The van der Waals surface area contributed by atoms with E-state index in [1.165, 1.54) is 5.56 Å². The van der Waals surface area contributed by atoms with Crippen molar-refractivity contribution in [3.8, 4) is 0 Å². The molecule has 1 aliphatic heterocycles. The lowest BCUT2D eigenvalue weighted by atomic mass is 9.92. The number of hydrogen-bond acceptors (Lipinski definition) is 3. The van der Waals surface area contributed by atoms with Crippen molar-refractivity contribution in [3.63, 3.8) is 0 Å². The molecule has 116 valence electrons. The van der Waals surface area contributed by atoms with Crippen LogP contribution >= 0.6 is 0 Å². The fourth-order valence-electron chi connectivity index (χ4n) is 2.72. The third-order valence-electron chi connectivity index (χ3n) is 3.81. The Morgan fingerprint density at radius 1 is 1.43 bits per heavy atom. The fourth-order valence-corrected chi connectivity index (χ4v) is 2.72. The van der Waals surface area contributed by atoms with E-state index in [0.717, 1.165) is 18.5 Å². The highest BCUT2D eigenvalue weighted by atomic mass is 16.6. The van der Waals surface area contributed by atoms with Gasteiger partial charge in [-0.25, -0.2) is 4.79 Å². The summed E-state index contributed by atoms with van der Waals surface area (Å²) in [5, 5.41) is 0. The van der Waals surface area contributed by atoms with Gasteiger partial charge in [-0.3, -0.25) is 0 Å². The molecule has 4 heteroatoms. The molecule has 4 nitrogen and oxygen atoms in total. The van der Waals surface area contributed by atoms with E-state index in [1.54, 1.807) is 4.90 Å². The van der Waals surface area contributed by atoms with Crippen molar-refractivity contribution >= 4 is 6.09 Å². The third kappa shape index (κ3) is 4.21. The Morgan fingerprint density at radius 2 is 2.14 bits per heavy atom. The van der Waals surface area contributed by atoms with Gasteiger partial charge in [-0.2, -0.15) is 0 Å². The van der Waals surface area contributed by atoms with Crippen LogP contribution in [0, 0.1) is 12.8 Å². The number of carbonyl (C=O) groups is 1. The molecule has 0 spiro atoms. The minimum atomic E-state index is -0.451. The van der Waals surface area contributed by atoms with Crippen molar-refractivity contribution in [2.75, 3.05) is 13.1 Å². The largest absolute Gasteiger partial charge is 0.444 e. The van der Waals surface area contributed by atoms with Crippen molar-refractivity contribution in [1.29, 1.82) is 0 Å². The molecule has 2 rings (SSSR count). The van der Waals surface area contributed by atoms with Crippen LogP contribution < -0.4 is 5.73 Å². The van der Waals surface area contributed by atoms with Crippen molar-refractivity contribution in [3.05, 3.63) is 35.4 Å². The Bertz CT molecular complexity index is 508. The quantitative estimate of drug-likeness (QED) is 0.909. The molecular formula is C17H26N2O2. The van der Waals surface area contributed by atoms with Crippen LogP contribution in [0.3, 0.4) is 0 Å². The number of carbonyl (C=O) groups excluding carboxylic acids is 1. The van der Waals surface area contributed by atoms with Gasteiger partial charge in [0.25, 0.3) is 0 Å². The second-order valence-corrected chi connectivity index (χ2v) is 6.92. The summed E-state index contributed by atoms with van der Waals surface area (Å²) >= 11 is 0. The smallest absolute Gasteiger partial charge is 0.410 e. The molecule has 2 unspecified atom stereocenters. The second-order valence-electron chi connectivity index (χ2n) is 6.92. The van der Waals surface area contributed by atoms with E-state index in [1.807, 2.05) is 26.8 Å². The molecule has 1 aromatic rings. The minimum Gasteiger partial charge on any atom is -0.444 e. The lowest BCUT2D eigenvalue weighted by molar-refractivity contribution is 0.0286. The number of likely N-dealkylation sites (tertiary alicyclic amines) is 1. The number of rotatable bonds is 2. The zero-order chi connectivity index (χ0) is 15.6. The summed E-state index contributed by atoms with van der Waals surface area (Å²) in [5.74, 6) is 0.291. The maximum absolute atomic E-state index is 12.1. The Balaban J connectivity index is 1.97. The second kappa shape index (κ2) is 6.06. The molecule has 0 aliphatic carbocycles. The molecule has 1 aliphatic rings. The molecule has 1 heterocycles. The summed E-state index contributed by atoms with van der Waals surface area (Å²) < 4.78 is 5.42. The molecule has 1 saturated heterocycles. The Kier molecular flexibility index (Phi) is 4.57. The Hall–Kier alpha value is -1.55. The van der Waals surface area contributed by atoms with E-state index in [0.29, 0.717) is 12.5 Å². The summed E-state index contributed by atoms with van der Waals surface area (Å²) in [6.07, 6.45) is 0.690. The number of benzene rings is 1. The average molecular weight is 290 g/mol. The van der Waals surface area contributed by atoms with Gasteiger partial charge in [0.2, 0.25) is 0 Å². The summed E-state index contributed by atoms with van der Waals surface area (Å²) in [4.78, 5) is 13.9. The maximum Gasteiger partial charge on any atom is 0.410 e. The standard InChI is InChI=1S/C17H26N2O2/c1-12-6-5-7-13(10-12)15(18)14-8-9-19(11-14)16(20)21-17(2,3)4/h5-7,10,14-15H,8-9,11,18H2,1-4H3. The molecule has 0 radical (unpaired) electrons. The first-order valence-corrected chi connectivity index (χ1v) is 7.56. The predicted molar refractivity (Wildman–Crippen MR) is 84.0 cm³/mol. The van der Waals surface area contributed by atoms with Gasteiger partial charge >= 0.3 is 6.09 Å². The van der Waals surface area contributed by atoms with E-state index >= 15 is 0 Å². The van der Waals surface area contributed by atoms with Crippen LogP contribution in [0.4, 0.5) is 4.79 Å². The SMILES string of the molecule is Cc1cccc(C(N)C2CCN(C(=O)OC(C)(C)C)C2)c1. The third-order valence-corrected chi connectivity index (χ3v) is 3.81. The topological polar surface area (TPSA) is 55.6 Å². The molecule has 2 atom stereocenters. The number of ether oxygens (including phenoxy) is 1. The number of nitrogens with two attached hydrogens (primary N) is 1. The fraction of sp³-hybridized carbons (Fsp3) is 0.588. The lowest BCUT2D eigenvalue weighted by Gasteiger charge is -2.25. The minimum absolute atomic E-state index is 0.0302. The van der Waals surface area contributed by atoms with Gasteiger partial charge in [0.05, 0.1) is 0 Å². The van der Waals surface area contributed by atoms with Gasteiger partial charge in [0.15, 0.2) is 0 Å². The first-order valence-electron chi connectivity index (χ1n) is 7.56. The number of aryl methyl sites for hydroxylation is 1. The van der Waals surface area contributed by atoms with Crippen molar-refractivity contribution in [2.24, 2.45) is 11.7 Å². The molecule has 0 aromatic heterocycles. The first-order chi connectivity index (χ1) is 9.76. The zero-order valence-corrected chi connectivity index (χ0v) is 13.4. The Morgan fingerprint density at radius 3 is 2.76 bits per heavy atom. The van der Waals surface area contributed by atoms with Gasteiger partial charge in [-0.05, 0) is 45.6 Å². The van der Waals surface area contributed by atoms with Crippen molar-refractivity contribution in [2.45, 2.75) is 45.8 Å². The van der Waals surface area contributed by atoms with E-state index < -0.39 is 5.60 Å². The average Bonchev–Trinajstić information content (AvgIpc) is 2.85. The maximum atomic E-state index is 12.1. The molecule has 21 heavy (non-hydrogen) atoms. The highest BCUT2D eigenvalue weighted by molar-refractivity contribution is 5.68. The van der Waals surface area contributed by atoms with Crippen LogP contribution in [-0.4, -0.2) is 29.7 Å². The van der Waals surface area contributed by atoms with Crippen LogP contribution in [0.2, 0.25) is 0 Å². The van der Waals surface area contributed by atoms with Crippen LogP contribution in [0.25, 0.3) is 0 Å². The highest BCUT2D eigenvalue weighted by Crippen LogP contribution is 2.29. The number of amides is 1. The van der Waals surface area contributed by atoms with Gasteiger partial charge in [-0.15, -0.1) is 0 Å². The van der Waals surface area contributed by atoms with Gasteiger partial charge < -0.3 is 15.4 Å². The lowest BCUT2D eigenvalue weighted by Crippen LogP contribution is -2.36. The first kappa shape index (κ1) is 15.8. The van der Waals surface area contributed by atoms with Crippen molar-refractivity contribution in [1.82, 2.24) is 4.90 Å². The van der Waals surface area contributed by atoms with Crippen LogP contribution in [-0.2, 0) is 4.74 Å². The highest BCUT2D eigenvalue weighted by Gasteiger charge is 2.33. The summed E-state index contributed by atoms with van der Waals surface area (Å²) in [7, 11) is 0. The monoisotopic (exact) mass is 290 g/mol. The number of hydrogen-bond donors (Lipinski definition) is 1. The summed E-state index contributed by atoms with van der Waals surface area (Å²) in [5.41, 5.74) is 8.29. The molecule has 1 aromatic carbocycles. The molecule has 1 fully saturated rings. The van der Waals surface area contributed by atoms with Crippen molar-refractivity contribution < 1.29 is 9.53 Å². The molecule has 0 bridgehead atoms. The Labute approximate surface area is 127 Å². The molecule has 0 saturated carbocycles. The van der Waals surface area contributed by atoms with Crippen LogP contribution in [0.15, 0.2) is 24.3 Å². The normalized spacial score (nSPS) is 20.4. The predicted octanol–water partition coefficient (Wildman–Crippen LogP) is 3.25. The van der Waals surface area contributed by atoms with E-state index in [-0.39, 0.29) is 12.1 Å². The summed E-state index contributed by atoms with van der Waals surface area (Å²) in [6, 6.07) is 8.26. The molecule has 2 N–H and O–H groups in total.